The monoisotopic (exact) mass is 160 g/mol. The molecule has 0 aromatic rings. The van der Waals surface area contributed by atoms with E-state index < -0.39 is 0 Å². The first-order valence-electron chi connectivity index (χ1n) is 4.44. The van der Waals surface area contributed by atoms with Crippen LogP contribution in [0.4, 0.5) is 0 Å². The van der Waals surface area contributed by atoms with Crippen LogP contribution >= 0.6 is 0 Å². The predicted molar refractivity (Wildman–Crippen MR) is 51.3 cm³/mol. The summed E-state index contributed by atoms with van der Waals surface area (Å²) in [6.45, 7) is 3.64. The van der Waals surface area contributed by atoms with Gasteiger partial charge in [0.1, 0.15) is 0 Å². The van der Waals surface area contributed by atoms with Crippen LogP contribution in [-0.2, 0) is 0 Å². The fourth-order valence-electron chi connectivity index (χ4n) is 0.948. The molecule has 0 rings (SSSR count). The van der Waals surface area contributed by atoms with E-state index in [-0.39, 0.29) is 0 Å². The Bertz CT molecular complexity index is 81.3. The third-order valence-corrected chi connectivity index (χ3v) is 3.94. The van der Waals surface area contributed by atoms with E-state index in [0.717, 1.165) is 0 Å². The Hall–Kier alpha value is 0.177. The summed E-state index contributed by atoms with van der Waals surface area (Å²) < 4.78 is 1.24. The van der Waals surface area contributed by atoms with Gasteiger partial charge in [-0.15, -0.1) is 0 Å². The van der Waals surface area contributed by atoms with Crippen LogP contribution < -0.4 is 0 Å². The highest BCUT2D eigenvalue weighted by molar-refractivity contribution is 6.08. The van der Waals surface area contributed by atoms with Crippen LogP contribution in [0.5, 0.6) is 0 Å². The summed E-state index contributed by atoms with van der Waals surface area (Å²) >= 11 is 0. The van der Waals surface area contributed by atoms with Gasteiger partial charge in [-0.25, -0.2) is 0 Å². The number of rotatable bonds is 5. The van der Waals surface area contributed by atoms with Crippen molar-refractivity contribution in [3.63, 3.8) is 0 Å². The smallest absolute Gasteiger partial charge is 0.0779 e. The molecule has 0 unspecified atom stereocenters. The second-order valence-corrected chi connectivity index (χ2v) is 4.32. The first-order valence-corrected chi connectivity index (χ1v) is 5.86. The Kier molecular flexibility index (Phi) is 5.00. The van der Waals surface area contributed by atoms with Crippen LogP contribution in [-0.4, -0.2) is 41.5 Å². The van der Waals surface area contributed by atoms with Crippen molar-refractivity contribution in [2.45, 2.75) is 26.2 Å². The maximum absolute atomic E-state index is 2.34. The first-order chi connectivity index (χ1) is 4.62. The molecule has 0 aliphatic carbocycles. The highest BCUT2D eigenvalue weighted by atomic mass is 28.1. The molecule has 0 fully saturated rings. The van der Waals surface area contributed by atoms with Crippen molar-refractivity contribution in [1.29, 1.82) is 0 Å². The van der Waals surface area contributed by atoms with Gasteiger partial charge in [0.15, 0.2) is 0 Å². The average molecular weight is 160 g/mol. The highest BCUT2D eigenvalue weighted by Gasteiger charge is 2.09. The molecule has 0 aliphatic heterocycles. The lowest BCUT2D eigenvalue weighted by Crippen LogP contribution is -2.41. The van der Waals surface area contributed by atoms with Gasteiger partial charge in [-0.3, -0.25) is 0 Å². The lowest BCUT2D eigenvalue weighted by atomic mass is 10.2. The van der Waals surface area contributed by atoms with E-state index in [1.165, 1.54) is 46.7 Å². The molecule has 0 saturated heterocycles. The number of quaternary nitrogens is 1. The van der Waals surface area contributed by atoms with E-state index in [9.17, 15) is 0 Å². The van der Waals surface area contributed by atoms with Gasteiger partial charge in [0.25, 0.3) is 0 Å². The standard InChI is InChI=1S/C8H22NSi/c1-4-5-6-7-9(2,3)8-10/h4-8H2,1-3,10H3/q+1. The largest absolute Gasteiger partial charge is 0.333 e. The number of nitrogens with zero attached hydrogens (tertiary/aromatic N) is 1. The third kappa shape index (κ3) is 5.00. The van der Waals surface area contributed by atoms with E-state index in [1.54, 1.807) is 0 Å². The molecule has 0 aromatic carbocycles. The minimum Gasteiger partial charge on any atom is -0.333 e. The summed E-state index contributed by atoms with van der Waals surface area (Å²) in [4.78, 5) is 0. The molecule has 0 amide bonds. The molecule has 0 spiro atoms. The molecule has 2 heteroatoms. The predicted octanol–water partition coefficient (Wildman–Crippen LogP) is 0.576. The molecule has 0 saturated carbocycles. The van der Waals surface area contributed by atoms with Crippen LogP contribution in [0.15, 0.2) is 0 Å². The average Bonchev–Trinajstić information content (AvgIpc) is 1.89. The second kappa shape index (κ2) is 4.91. The van der Waals surface area contributed by atoms with Gasteiger partial charge in [0.2, 0.25) is 0 Å². The zero-order valence-electron chi connectivity index (χ0n) is 7.98. The Labute approximate surface area is 68.4 Å². The van der Waals surface area contributed by atoms with Gasteiger partial charge in [-0.2, -0.15) is 0 Å². The van der Waals surface area contributed by atoms with Crippen LogP contribution in [0.3, 0.4) is 0 Å². The van der Waals surface area contributed by atoms with E-state index in [2.05, 4.69) is 21.0 Å². The van der Waals surface area contributed by atoms with Crippen LogP contribution in [0.1, 0.15) is 26.2 Å². The van der Waals surface area contributed by atoms with Crippen molar-refractivity contribution in [3.05, 3.63) is 0 Å². The minimum atomic E-state index is 1.24. The lowest BCUT2D eigenvalue weighted by Gasteiger charge is -2.28. The van der Waals surface area contributed by atoms with Crippen LogP contribution in [0, 0.1) is 0 Å². The molecule has 0 aromatic heterocycles. The highest BCUT2D eigenvalue weighted by Crippen LogP contribution is 2.01. The Balaban J connectivity index is 3.28. The van der Waals surface area contributed by atoms with Gasteiger partial charge in [-0.1, -0.05) is 13.3 Å². The SMILES string of the molecule is CCCCC[N+](C)(C)C[SiH3]. The minimum absolute atomic E-state index is 1.24. The second-order valence-electron chi connectivity index (χ2n) is 3.68. The molecule has 0 radical (unpaired) electrons. The molecular formula is C8H22NSi+. The molecule has 10 heavy (non-hydrogen) atoms. The number of hydrogen-bond donors (Lipinski definition) is 0. The summed E-state index contributed by atoms with van der Waals surface area (Å²) in [5.41, 5.74) is 0. The van der Waals surface area contributed by atoms with E-state index >= 15 is 0 Å². The van der Waals surface area contributed by atoms with Crippen molar-refractivity contribution < 1.29 is 4.48 Å². The maximum Gasteiger partial charge on any atom is 0.0779 e. The summed E-state index contributed by atoms with van der Waals surface area (Å²) in [5, 5.41) is 0. The fourth-order valence-corrected chi connectivity index (χ4v) is 1.26. The van der Waals surface area contributed by atoms with Gasteiger partial charge < -0.3 is 4.48 Å². The summed E-state index contributed by atoms with van der Waals surface area (Å²) in [6.07, 6.45) is 5.56. The van der Waals surface area contributed by atoms with Crippen molar-refractivity contribution >= 4 is 10.2 Å². The number of unbranched alkanes of at least 4 members (excludes halogenated alkanes) is 2. The molecule has 0 bridgehead atoms. The van der Waals surface area contributed by atoms with Gasteiger partial charge >= 0.3 is 0 Å². The van der Waals surface area contributed by atoms with Gasteiger partial charge in [0.05, 0.1) is 37.1 Å². The zero-order valence-corrected chi connectivity index (χ0v) is 9.98. The molecule has 0 atom stereocenters. The van der Waals surface area contributed by atoms with Crippen LogP contribution in [0.25, 0.3) is 0 Å². The third-order valence-electron chi connectivity index (χ3n) is 2.22. The topological polar surface area (TPSA) is 0 Å². The van der Waals surface area contributed by atoms with Gasteiger partial charge in [-0.05, 0) is 12.8 Å². The Morgan fingerprint density at radius 1 is 1.20 bits per heavy atom. The molecule has 0 aliphatic rings. The molecule has 62 valence electrons. The maximum atomic E-state index is 2.34. The molecule has 0 heterocycles. The summed E-state index contributed by atoms with van der Waals surface area (Å²) in [6, 6.07) is 0. The molecule has 1 nitrogen and oxygen atoms in total. The fraction of sp³-hybridized carbons (Fsp3) is 1.00. The Morgan fingerprint density at radius 3 is 2.20 bits per heavy atom. The van der Waals surface area contributed by atoms with Crippen molar-refractivity contribution in [2.24, 2.45) is 0 Å². The number of hydrogen-bond acceptors (Lipinski definition) is 0. The summed E-state index contributed by atoms with van der Waals surface area (Å²) in [7, 11) is 6.01. The van der Waals surface area contributed by atoms with Crippen molar-refractivity contribution in [1.82, 2.24) is 0 Å². The summed E-state index contributed by atoms with van der Waals surface area (Å²) in [5.74, 6) is 0. The van der Waals surface area contributed by atoms with Crippen molar-refractivity contribution in [2.75, 3.05) is 26.8 Å². The van der Waals surface area contributed by atoms with E-state index in [0.29, 0.717) is 0 Å². The first kappa shape index (κ1) is 10.2. The lowest BCUT2D eigenvalue weighted by molar-refractivity contribution is -0.879. The van der Waals surface area contributed by atoms with Crippen LogP contribution in [0.2, 0.25) is 0 Å². The zero-order chi connectivity index (χ0) is 8.04. The quantitative estimate of drug-likeness (QED) is 0.313. The van der Waals surface area contributed by atoms with E-state index in [1.807, 2.05) is 0 Å². The molecular weight excluding hydrogens is 138 g/mol. The normalized spacial score (nSPS) is 12.3. The molecule has 0 N–H and O–H groups in total. The van der Waals surface area contributed by atoms with Crippen molar-refractivity contribution in [3.8, 4) is 0 Å². The van der Waals surface area contributed by atoms with Gasteiger partial charge in [0, 0.05) is 0 Å². The van der Waals surface area contributed by atoms with E-state index in [4.69, 9.17) is 0 Å². The Morgan fingerprint density at radius 2 is 1.80 bits per heavy atom.